The molecule has 44 heavy (non-hydrogen) atoms. The van der Waals surface area contributed by atoms with Gasteiger partial charge in [-0.2, -0.15) is 0 Å². The van der Waals surface area contributed by atoms with Crippen LogP contribution in [0.25, 0.3) is 33.2 Å². The lowest BCUT2D eigenvalue weighted by Crippen LogP contribution is -2.46. The highest BCUT2D eigenvalue weighted by atomic mass is 16.5. The average molecular weight is 593 g/mol. The number of aliphatic hydroxyl groups is 1. The number of benzene rings is 3. The van der Waals surface area contributed by atoms with Gasteiger partial charge in [-0.1, -0.05) is 30.3 Å². The number of aromatic amines is 2. The quantitative estimate of drug-likeness (QED) is 0.200. The Labute approximate surface area is 252 Å². The maximum atomic E-state index is 13.3. The summed E-state index contributed by atoms with van der Waals surface area (Å²) in [5.74, 6) is 0.338. The van der Waals surface area contributed by atoms with Crippen molar-refractivity contribution in [2.24, 2.45) is 0 Å². The Kier molecular flexibility index (Phi) is 7.11. The fourth-order valence-corrected chi connectivity index (χ4v) is 6.06. The molecular formula is C33H32N6O5. The lowest BCUT2D eigenvalue weighted by atomic mass is 10.0. The Bertz CT molecular complexity index is 1900. The number of piperidine rings is 1. The van der Waals surface area contributed by atoms with E-state index in [-0.39, 0.29) is 48.0 Å². The molecule has 11 nitrogen and oxygen atoms in total. The monoisotopic (exact) mass is 592 g/mol. The molecule has 2 aliphatic heterocycles. The molecule has 0 saturated carbocycles. The minimum absolute atomic E-state index is 0.0523. The number of carbonyl (C=O) groups excluding carboxylic acids is 2. The molecule has 1 atom stereocenters. The summed E-state index contributed by atoms with van der Waals surface area (Å²) in [5, 5.41) is 15.9. The third kappa shape index (κ3) is 5.10. The maximum Gasteiger partial charge on any atom is 0.261 e. The number of H-pyrrole nitrogens is 2. The van der Waals surface area contributed by atoms with E-state index in [1.54, 1.807) is 18.2 Å². The van der Waals surface area contributed by atoms with Crippen molar-refractivity contribution < 1.29 is 19.4 Å². The molecule has 4 heterocycles. The molecule has 1 fully saturated rings. The van der Waals surface area contributed by atoms with Gasteiger partial charge in [0.05, 0.1) is 27.8 Å². The molecule has 5 aromatic rings. The number of fused-ring (bicyclic) bond motifs is 3. The molecule has 7 rings (SSSR count). The Morgan fingerprint density at radius 3 is 2.55 bits per heavy atom. The van der Waals surface area contributed by atoms with Crippen LogP contribution in [0, 0.1) is 0 Å². The number of hydrogen-bond donors (Lipinski definition) is 4. The predicted molar refractivity (Wildman–Crippen MR) is 167 cm³/mol. The smallest absolute Gasteiger partial charge is 0.261 e. The number of aromatic nitrogens is 3. The zero-order chi connectivity index (χ0) is 30.4. The van der Waals surface area contributed by atoms with Crippen molar-refractivity contribution in [1.82, 2.24) is 24.8 Å². The van der Waals surface area contributed by atoms with Crippen molar-refractivity contribution in [3.63, 3.8) is 0 Å². The third-order valence-corrected chi connectivity index (χ3v) is 8.46. The van der Waals surface area contributed by atoms with Crippen molar-refractivity contribution >= 4 is 39.3 Å². The number of hydrogen-bond acceptors (Lipinski definition) is 8. The minimum Gasteiger partial charge on any atom is -0.491 e. The number of anilines is 1. The maximum absolute atomic E-state index is 13.3. The highest BCUT2D eigenvalue weighted by molar-refractivity contribution is 6.23. The van der Waals surface area contributed by atoms with Gasteiger partial charge in [0.15, 0.2) is 0 Å². The van der Waals surface area contributed by atoms with E-state index in [0.29, 0.717) is 33.6 Å². The molecule has 2 aromatic heterocycles. The summed E-state index contributed by atoms with van der Waals surface area (Å²) in [6.45, 7) is 1.84. The predicted octanol–water partition coefficient (Wildman–Crippen LogP) is 3.61. The van der Waals surface area contributed by atoms with E-state index in [0.717, 1.165) is 36.7 Å². The molecule has 3 aromatic carbocycles. The lowest BCUT2D eigenvalue weighted by Gasteiger charge is -2.33. The topological polar surface area (TPSA) is 144 Å². The molecule has 2 aliphatic rings. The Hall–Kier alpha value is -5.00. The van der Waals surface area contributed by atoms with Crippen LogP contribution in [0.4, 0.5) is 5.69 Å². The van der Waals surface area contributed by atoms with E-state index in [1.807, 2.05) is 49.5 Å². The van der Waals surface area contributed by atoms with Gasteiger partial charge < -0.3 is 30.0 Å². The molecule has 1 saturated heterocycles. The number of carbonyl (C=O) groups is 2. The summed E-state index contributed by atoms with van der Waals surface area (Å²) >= 11 is 0. The zero-order valence-electron chi connectivity index (χ0n) is 24.2. The minimum atomic E-state index is -0.864. The largest absolute Gasteiger partial charge is 0.491 e. The number of imidazole rings is 1. The summed E-state index contributed by atoms with van der Waals surface area (Å²) in [5.41, 5.74) is 2.01. The van der Waals surface area contributed by atoms with Crippen molar-refractivity contribution in [1.29, 1.82) is 0 Å². The molecule has 0 radical (unpaired) electrons. The van der Waals surface area contributed by atoms with E-state index in [4.69, 9.17) is 4.74 Å². The van der Waals surface area contributed by atoms with Gasteiger partial charge in [-0.3, -0.25) is 19.3 Å². The lowest BCUT2D eigenvalue weighted by molar-refractivity contribution is 0.0516. The van der Waals surface area contributed by atoms with E-state index < -0.39 is 6.10 Å². The number of nitrogens with zero attached hydrogens (tertiary/aromatic N) is 3. The van der Waals surface area contributed by atoms with Gasteiger partial charge >= 0.3 is 0 Å². The van der Waals surface area contributed by atoms with Gasteiger partial charge in [0, 0.05) is 18.8 Å². The first-order chi connectivity index (χ1) is 21.4. The number of imide groups is 1. The Balaban J connectivity index is 1.08. The number of rotatable bonds is 8. The van der Waals surface area contributed by atoms with Gasteiger partial charge in [0.2, 0.25) is 0 Å². The molecular weight excluding hydrogens is 560 g/mol. The molecule has 224 valence electrons. The van der Waals surface area contributed by atoms with Crippen molar-refractivity contribution in [3.8, 4) is 17.1 Å². The normalized spacial score (nSPS) is 16.5. The van der Waals surface area contributed by atoms with Crippen LogP contribution in [0.2, 0.25) is 0 Å². The Morgan fingerprint density at radius 2 is 1.75 bits per heavy atom. The fourth-order valence-electron chi connectivity index (χ4n) is 6.06. The van der Waals surface area contributed by atoms with Crippen molar-refractivity contribution in [2.45, 2.75) is 25.0 Å². The summed E-state index contributed by atoms with van der Waals surface area (Å²) in [6, 6.07) is 18.6. The second-order valence-corrected chi connectivity index (χ2v) is 11.5. The summed E-state index contributed by atoms with van der Waals surface area (Å²) < 4.78 is 5.81. The van der Waals surface area contributed by atoms with E-state index in [2.05, 4.69) is 25.2 Å². The van der Waals surface area contributed by atoms with Gasteiger partial charge in [0.1, 0.15) is 29.8 Å². The highest BCUT2D eigenvalue weighted by Gasteiger charge is 2.41. The first-order valence-corrected chi connectivity index (χ1v) is 14.7. The van der Waals surface area contributed by atoms with Crippen LogP contribution in [0.15, 0.2) is 71.7 Å². The SMILES string of the molecule is CN1CCC(N2C(=O)c3cc4nc(-c5c(NCC(O)COc6ccc7ccccc7c6)cc[nH]c5=O)[nH]c4cc3C2=O)CC1. The first kappa shape index (κ1) is 27.8. The van der Waals surface area contributed by atoms with Crippen molar-refractivity contribution in [2.75, 3.05) is 38.6 Å². The zero-order valence-corrected chi connectivity index (χ0v) is 24.2. The average Bonchev–Trinajstić information content (AvgIpc) is 3.55. The van der Waals surface area contributed by atoms with Gasteiger partial charge in [0.25, 0.3) is 17.4 Å². The van der Waals surface area contributed by atoms with Crippen LogP contribution >= 0.6 is 0 Å². The van der Waals surface area contributed by atoms with Crippen LogP contribution in [0.1, 0.15) is 33.6 Å². The molecule has 11 heteroatoms. The fraction of sp³-hybridized carbons (Fsp3) is 0.273. The number of pyridine rings is 1. The summed E-state index contributed by atoms with van der Waals surface area (Å²) in [4.78, 5) is 53.7. The van der Waals surface area contributed by atoms with E-state index in [1.165, 1.54) is 11.1 Å². The van der Waals surface area contributed by atoms with Gasteiger partial charge in [-0.25, -0.2) is 4.98 Å². The van der Waals surface area contributed by atoms with Crippen LogP contribution < -0.4 is 15.6 Å². The molecule has 0 aliphatic carbocycles. The first-order valence-electron chi connectivity index (χ1n) is 14.7. The second kappa shape index (κ2) is 11.3. The number of nitrogens with one attached hydrogen (secondary N) is 3. The van der Waals surface area contributed by atoms with Crippen LogP contribution in [-0.2, 0) is 0 Å². The summed E-state index contributed by atoms with van der Waals surface area (Å²) in [6.07, 6.45) is 2.15. The molecule has 0 spiro atoms. The summed E-state index contributed by atoms with van der Waals surface area (Å²) in [7, 11) is 2.03. The van der Waals surface area contributed by atoms with Gasteiger partial charge in [-0.15, -0.1) is 0 Å². The van der Waals surface area contributed by atoms with Crippen molar-refractivity contribution in [3.05, 3.63) is 88.3 Å². The molecule has 2 amide bonds. The van der Waals surface area contributed by atoms with Crippen LogP contribution in [0.3, 0.4) is 0 Å². The molecule has 4 N–H and O–H groups in total. The number of amides is 2. The van der Waals surface area contributed by atoms with E-state index >= 15 is 0 Å². The molecule has 1 unspecified atom stereocenters. The third-order valence-electron chi connectivity index (χ3n) is 8.46. The standard InChI is InChI=1S/C33H32N6O5/c1-38-12-9-21(10-13-38)39-32(42)24-15-27-28(16-25(24)33(39)43)37-30(36-27)29-26(8-11-34-31(29)41)35-17-22(40)18-44-23-7-6-19-4-2-3-5-20(19)14-23/h2-8,11,14-16,21-22,40H,9-10,12-13,17-18H2,1H3,(H,36,37)(H2,34,35,41). The highest BCUT2D eigenvalue weighted by Crippen LogP contribution is 2.32. The van der Waals surface area contributed by atoms with Crippen LogP contribution in [0.5, 0.6) is 5.75 Å². The second-order valence-electron chi connectivity index (χ2n) is 11.5. The Morgan fingerprint density at radius 1 is 1.00 bits per heavy atom. The van der Waals surface area contributed by atoms with E-state index in [9.17, 15) is 19.5 Å². The number of aliphatic hydroxyl groups excluding tert-OH is 1. The molecule has 0 bridgehead atoms. The van der Waals surface area contributed by atoms with Gasteiger partial charge in [-0.05, 0) is 74.1 Å². The van der Waals surface area contributed by atoms with Crippen LogP contribution in [-0.4, -0.2) is 87.1 Å². The number of likely N-dealkylation sites (tertiary alicyclic amines) is 1. The number of ether oxygens (including phenoxy) is 1.